The molecule has 0 saturated carbocycles. The highest BCUT2D eigenvalue weighted by Gasteiger charge is 2.18. The number of benzene rings is 1. The lowest BCUT2D eigenvalue weighted by atomic mass is 9.99. The normalized spacial score (nSPS) is 13.3. The Morgan fingerprint density at radius 3 is 2.33 bits per heavy atom. The van der Waals surface area contributed by atoms with Crippen molar-refractivity contribution in [3.63, 3.8) is 0 Å². The van der Waals surface area contributed by atoms with Crippen LogP contribution < -0.4 is 16.4 Å². The SMILES string of the molecule is CCC(C)C(N)C(=O)NCCNC(=O)c1ccc(Br)cc1. The third kappa shape index (κ3) is 5.85. The van der Waals surface area contributed by atoms with E-state index >= 15 is 0 Å². The maximum absolute atomic E-state index is 11.8. The highest BCUT2D eigenvalue weighted by molar-refractivity contribution is 9.10. The first-order valence-electron chi connectivity index (χ1n) is 7.02. The third-order valence-corrected chi connectivity index (χ3v) is 3.90. The molecule has 2 amide bonds. The molecule has 0 aromatic heterocycles. The van der Waals surface area contributed by atoms with Gasteiger partial charge in [0.25, 0.3) is 5.91 Å². The molecule has 1 aromatic carbocycles. The van der Waals surface area contributed by atoms with E-state index in [1.54, 1.807) is 12.1 Å². The number of hydrogen-bond donors (Lipinski definition) is 3. The predicted molar refractivity (Wildman–Crippen MR) is 86.9 cm³/mol. The zero-order valence-corrected chi connectivity index (χ0v) is 13.9. The monoisotopic (exact) mass is 355 g/mol. The second-order valence-electron chi connectivity index (χ2n) is 4.97. The average Bonchev–Trinajstić information content (AvgIpc) is 2.50. The highest BCUT2D eigenvalue weighted by Crippen LogP contribution is 2.10. The van der Waals surface area contributed by atoms with Crippen LogP contribution in [0.3, 0.4) is 0 Å². The first-order chi connectivity index (χ1) is 9.95. The van der Waals surface area contributed by atoms with Crippen LogP contribution in [-0.4, -0.2) is 30.9 Å². The molecule has 6 heteroatoms. The number of nitrogens with one attached hydrogen (secondary N) is 2. The van der Waals surface area contributed by atoms with Crippen molar-refractivity contribution in [1.29, 1.82) is 0 Å². The summed E-state index contributed by atoms with van der Waals surface area (Å²) in [6, 6.07) is 6.58. The summed E-state index contributed by atoms with van der Waals surface area (Å²) in [6.07, 6.45) is 0.856. The van der Waals surface area contributed by atoms with E-state index in [2.05, 4.69) is 26.6 Å². The average molecular weight is 356 g/mol. The molecule has 116 valence electrons. The van der Waals surface area contributed by atoms with Gasteiger partial charge in [-0.2, -0.15) is 0 Å². The molecule has 0 aliphatic heterocycles. The van der Waals surface area contributed by atoms with Crippen molar-refractivity contribution in [2.45, 2.75) is 26.3 Å². The predicted octanol–water partition coefficient (Wildman–Crippen LogP) is 1.67. The second-order valence-corrected chi connectivity index (χ2v) is 5.88. The third-order valence-electron chi connectivity index (χ3n) is 3.38. The van der Waals surface area contributed by atoms with Crippen molar-refractivity contribution >= 4 is 27.7 Å². The molecule has 5 nitrogen and oxygen atoms in total. The van der Waals surface area contributed by atoms with Gasteiger partial charge in [0.05, 0.1) is 6.04 Å². The van der Waals surface area contributed by atoms with Crippen molar-refractivity contribution in [3.05, 3.63) is 34.3 Å². The van der Waals surface area contributed by atoms with E-state index < -0.39 is 6.04 Å². The van der Waals surface area contributed by atoms with E-state index in [4.69, 9.17) is 5.73 Å². The lowest BCUT2D eigenvalue weighted by Crippen LogP contribution is -2.46. The first-order valence-corrected chi connectivity index (χ1v) is 7.82. The molecule has 0 radical (unpaired) electrons. The molecule has 4 N–H and O–H groups in total. The molecule has 0 saturated heterocycles. The van der Waals surface area contributed by atoms with Gasteiger partial charge in [-0.25, -0.2) is 0 Å². The summed E-state index contributed by atoms with van der Waals surface area (Å²) in [4.78, 5) is 23.6. The largest absolute Gasteiger partial charge is 0.353 e. The Labute approximate surface area is 133 Å². The number of rotatable bonds is 7. The highest BCUT2D eigenvalue weighted by atomic mass is 79.9. The van der Waals surface area contributed by atoms with Gasteiger partial charge >= 0.3 is 0 Å². The van der Waals surface area contributed by atoms with Gasteiger partial charge in [0.15, 0.2) is 0 Å². The van der Waals surface area contributed by atoms with E-state index in [9.17, 15) is 9.59 Å². The van der Waals surface area contributed by atoms with Gasteiger partial charge in [-0.3, -0.25) is 9.59 Å². The van der Waals surface area contributed by atoms with E-state index in [-0.39, 0.29) is 17.7 Å². The zero-order chi connectivity index (χ0) is 15.8. The fourth-order valence-corrected chi connectivity index (χ4v) is 1.96. The van der Waals surface area contributed by atoms with Gasteiger partial charge in [0.2, 0.25) is 5.91 Å². The first kappa shape index (κ1) is 17.7. The lowest BCUT2D eigenvalue weighted by Gasteiger charge is -2.17. The molecule has 0 bridgehead atoms. The molecule has 21 heavy (non-hydrogen) atoms. The Balaban J connectivity index is 2.29. The Morgan fingerprint density at radius 1 is 1.19 bits per heavy atom. The van der Waals surface area contributed by atoms with Crippen molar-refractivity contribution in [2.24, 2.45) is 11.7 Å². The van der Waals surface area contributed by atoms with Crippen molar-refractivity contribution < 1.29 is 9.59 Å². The van der Waals surface area contributed by atoms with Crippen molar-refractivity contribution in [3.8, 4) is 0 Å². The summed E-state index contributed by atoms with van der Waals surface area (Å²) in [7, 11) is 0. The standard InChI is InChI=1S/C15H22BrN3O2/c1-3-10(2)13(17)15(21)19-9-8-18-14(20)11-4-6-12(16)7-5-11/h4-7,10,13H,3,8-9,17H2,1-2H3,(H,18,20)(H,19,21). The Hall–Kier alpha value is -1.40. The van der Waals surface area contributed by atoms with Crippen LogP contribution in [0.15, 0.2) is 28.7 Å². The summed E-state index contributed by atoms with van der Waals surface area (Å²) in [5.41, 5.74) is 6.40. The molecule has 2 atom stereocenters. The summed E-state index contributed by atoms with van der Waals surface area (Å²) in [6.45, 7) is 4.68. The lowest BCUT2D eigenvalue weighted by molar-refractivity contribution is -0.123. The zero-order valence-electron chi connectivity index (χ0n) is 12.4. The molecule has 2 unspecified atom stereocenters. The minimum atomic E-state index is -0.503. The van der Waals surface area contributed by atoms with Gasteiger partial charge in [0.1, 0.15) is 0 Å². The van der Waals surface area contributed by atoms with E-state index in [0.717, 1.165) is 10.9 Å². The topological polar surface area (TPSA) is 84.2 Å². The van der Waals surface area contributed by atoms with Crippen LogP contribution in [0.25, 0.3) is 0 Å². The maximum atomic E-state index is 11.8. The molecule has 0 aliphatic rings. The minimum absolute atomic E-state index is 0.141. The van der Waals surface area contributed by atoms with Gasteiger partial charge in [-0.15, -0.1) is 0 Å². The van der Waals surface area contributed by atoms with Crippen molar-refractivity contribution in [2.75, 3.05) is 13.1 Å². The Morgan fingerprint density at radius 2 is 1.76 bits per heavy atom. The van der Waals surface area contributed by atoms with Crippen LogP contribution in [0, 0.1) is 5.92 Å². The molecule has 0 aliphatic carbocycles. The van der Waals surface area contributed by atoms with E-state index in [0.29, 0.717) is 18.7 Å². The fourth-order valence-electron chi connectivity index (χ4n) is 1.70. The van der Waals surface area contributed by atoms with Crippen LogP contribution >= 0.6 is 15.9 Å². The van der Waals surface area contributed by atoms with Crippen LogP contribution in [-0.2, 0) is 4.79 Å². The summed E-state index contributed by atoms with van der Waals surface area (Å²) in [5.74, 6) is -0.201. The second kappa shape index (κ2) is 8.79. The van der Waals surface area contributed by atoms with Gasteiger partial charge < -0.3 is 16.4 Å². The number of carbonyl (C=O) groups is 2. The number of halogens is 1. The quantitative estimate of drug-likeness (QED) is 0.650. The molecule has 0 heterocycles. The minimum Gasteiger partial charge on any atom is -0.353 e. The van der Waals surface area contributed by atoms with Gasteiger partial charge in [-0.1, -0.05) is 36.2 Å². The number of nitrogens with two attached hydrogens (primary N) is 1. The number of amides is 2. The van der Waals surface area contributed by atoms with Crippen LogP contribution in [0.4, 0.5) is 0 Å². The molecular formula is C15H22BrN3O2. The number of carbonyl (C=O) groups excluding carboxylic acids is 2. The van der Waals surface area contributed by atoms with Gasteiger partial charge in [-0.05, 0) is 30.2 Å². The summed E-state index contributed by atoms with van der Waals surface area (Å²) in [5, 5.41) is 5.47. The summed E-state index contributed by atoms with van der Waals surface area (Å²) < 4.78 is 0.922. The van der Waals surface area contributed by atoms with Crippen LogP contribution in [0.5, 0.6) is 0 Å². The Kier molecular flexibility index (Phi) is 7.39. The van der Waals surface area contributed by atoms with E-state index in [1.165, 1.54) is 0 Å². The summed E-state index contributed by atoms with van der Waals surface area (Å²) >= 11 is 3.31. The van der Waals surface area contributed by atoms with Gasteiger partial charge in [0, 0.05) is 23.1 Å². The fraction of sp³-hybridized carbons (Fsp3) is 0.467. The molecule has 0 fully saturated rings. The number of hydrogen-bond acceptors (Lipinski definition) is 3. The molecule has 1 aromatic rings. The molecule has 1 rings (SSSR count). The maximum Gasteiger partial charge on any atom is 0.251 e. The van der Waals surface area contributed by atoms with Crippen molar-refractivity contribution in [1.82, 2.24) is 10.6 Å². The smallest absolute Gasteiger partial charge is 0.251 e. The molecular weight excluding hydrogens is 334 g/mol. The van der Waals surface area contributed by atoms with Crippen LogP contribution in [0.2, 0.25) is 0 Å². The molecule has 0 spiro atoms. The van der Waals surface area contributed by atoms with E-state index in [1.807, 2.05) is 26.0 Å². The van der Waals surface area contributed by atoms with Crippen LogP contribution in [0.1, 0.15) is 30.6 Å². The Bertz CT molecular complexity index is 476.